The predicted molar refractivity (Wildman–Crippen MR) is 103 cm³/mol. The Hall–Kier alpha value is -2.10. The molecule has 0 unspecified atom stereocenters. The number of anilines is 1. The molecule has 3 rings (SSSR count). The van der Waals surface area contributed by atoms with Gasteiger partial charge in [0.15, 0.2) is 15.9 Å². The van der Waals surface area contributed by atoms with Crippen LogP contribution in [-0.4, -0.2) is 24.6 Å². The topological polar surface area (TPSA) is 90.9 Å². The first-order valence-electron chi connectivity index (χ1n) is 7.27. The van der Waals surface area contributed by atoms with Crippen LogP contribution >= 0.6 is 39.1 Å². The molecule has 2 aromatic heterocycles. The molecule has 0 bridgehead atoms. The Labute approximate surface area is 165 Å². The minimum Gasteiger partial charge on any atom is -0.323 e. The summed E-state index contributed by atoms with van der Waals surface area (Å²) in [6.45, 7) is -0.205. The molecule has 0 saturated carbocycles. The van der Waals surface area contributed by atoms with E-state index in [0.29, 0.717) is 15.7 Å². The van der Waals surface area contributed by atoms with Crippen molar-refractivity contribution >= 4 is 61.9 Å². The van der Waals surface area contributed by atoms with Gasteiger partial charge >= 0.3 is 5.69 Å². The van der Waals surface area contributed by atoms with Crippen LogP contribution < -0.4 is 16.6 Å². The lowest BCUT2D eigenvalue weighted by atomic mass is 10.3. The van der Waals surface area contributed by atoms with Crippen molar-refractivity contribution in [2.24, 2.45) is 14.1 Å². The van der Waals surface area contributed by atoms with E-state index in [1.165, 1.54) is 29.3 Å². The van der Waals surface area contributed by atoms with Gasteiger partial charge in [-0.25, -0.2) is 9.78 Å². The van der Waals surface area contributed by atoms with Crippen molar-refractivity contribution in [3.8, 4) is 0 Å². The van der Waals surface area contributed by atoms with Crippen LogP contribution in [0.1, 0.15) is 0 Å². The van der Waals surface area contributed by atoms with Gasteiger partial charge in [-0.15, -0.1) is 0 Å². The molecule has 0 saturated heterocycles. The highest BCUT2D eigenvalue weighted by molar-refractivity contribution is 9.10. The molecule has 1 aromatic carbocycles. The van der Waals surface area contributed by atoms with Gasteiger partial charge in [-0.1, -0.05) is 23.2 Å². The third-order valence-corrected chi connectivity index (χ3v) is 4.96. The van der Waals surface area contributed by atoms with E-state index in [1.54, 1.807) is 12.1 Å². The average molecular weight is 461 g/mol. The van der Waals surface area contributed by atoms with E-state index in [4.69, 9.17) is 23.2 Å². The van der Waals surface area contributed by atoms with Crippen LogP contribution in [0.15, 0.2) is 32.5 Å². The summed E-state index contributed by atoms with van der Waals surface area (Å²) in [5.41, 5.74) is -0.335. The van der Waals surface area contributed by atoms with Crippen molar-refractivity contribution in [1.82, 2.24) is 18.7 Å². The molecular formula is C15H12BrCl2N5O3. The van der Waals surface area contributed by atoms with Gasteiger partial charge in [-0.05, 0) is 34.1 Å². The number of aromatic nitrogens is 4. The summed E-state index contributed by atoms with van der Waals surface area (Å²) in [6, 6.07) is 4.68. The lowest BCUT2D eigenvalue weighted by Crippen LogP contribution is -2.37. The Morgan fingerprint density at radius 3 is 2.58 bits per heavy atom. The van der Waals surface area contributed by atoms with Gasteiger partial charge in [0.25, 0.3) is 5.56 Å². The van der Waals surface area contributed by atoms with E-state index in [1.807, 2.05) is 0 Å². The van der Waals surface area contributed by atoms with E-state index in [-0.39, 0.29) is 22.4 Å². The van der Waals surface area contributed by atoms with Crippen LogP contribution in [0.2, 0.25) is 10.0 Å². The lowest BCUT2D eigenvalue weighted by Gasteiger charge is -2.10. The van der Waals surface area contributed by atoms with Crippen LogP contribution in [0.25, 0.3) is 11.2 Å². The number of carbonyl (C=O) groups excluding carboxylic acids is 1. The number of hydrogen-bond donors (Lipinski definition) is 1. The molecule has 0 spiro atoms. The molecular weight excluding hydrogens is 449 g/mol. The second-order valence-corrected chi connectivity index (χ2v) is 7.07. The summed E-state index contributed by atoms with van der Waals surface area (Å²) in [6.07, 6.45) is 0. The van der Waals surface area contributed by atoms with Crippen LogP contribution in [0.4, 0.5) is 5.69 Å². The van der Waals surface area contributed by atoms with Gasteiger partial charge in [0.1, 0.15) is 6.54 Å². The summed E-state index contributed by atoms with van der Waals surface area (Å²) in [7, 11) is 2.87. The minimum atomic E-state index is -0.543. The number of rotatable bonds is 3. The highest BCUT2D eigenvalue weighted by atomic mass is 79.9. The molecule has 1 amide bonds. The Balaban J connectivity index is 2.01. The Morgan fingerprint density at radius 1 is 1.23 bits per heavy atom. The fourth-order valence-corrected chi connectivity index (χ4v) is 3.41. The van der Waals surface area contributed by atoms with Gasteiger partial charge in [0, 0.05) is 19.1 Å². The molecule has 0 aliphatic rings. The SMILES string of the molecule is Cn1c(=O)c2c(nc(Br)n2CC(=O)Nc2ccc(Cl)cc2Cl)n(C)c1=O. The molecule has 8 nitrogen and oxygen atoms in total. The number of aryl methyl sites for hydroxylation is 1. The first-order valence-corrected chi connectivity index (χ1v) is 8.82. The second kappa shape index (κ2) is 6.90. The Kier molecular flexibility index (Phi) is 4.96. The first kappa shape index (κ1) is 18.7. The molecule has 1 N–H and O–H groups in total. The summed E-state index contributed by atoms with van der Waals surface area (Å²) in [5.74, 6) is -0.426. The molecule has 26 heavy (non-hydrogen) atoms. The molecule has 2 heterocycles. The molecule has 11 heteroatoms. The zero-order chi connectivity index (χ0) is 19.2. The lowest BCUT2D eigenvalue weighted by molar-refractivity contribution is -0.116. The molecule has 0 aliphatic heterocycles. The first-order chi connectivity index (χ1) is 12.2. The molecule has 0 atom stereocenters. The Bertz CT molecular complexity index is 1160. The number of halogens is 3. The number of hydrogen-bond acceptors (Lipinski definition) is 4. The summed E-state index contributed by atoms with van der Waals surface area (Å²) in [5, 5.41) is 3.39. The smallest absolute Gasteiger partial charge is 0.323 e. The van der Waals surface area contributed by atoms with Gasteiger partial charge in [-0.2, -0.15) is 0 Å². The fraction of sp³-hybridized carbons (Fsp3) is 0.200. The highest BCUT2D eigenvalue weighted by Crippen LogP contribution is 2.25. The molecule has 136 valence electrons. The normalized spacial score (nSPS) is 11.1. The monoisotopic (exact) mass is 459 g/mol. The van der Waals surface area contributed by atoms with E-state index < -0.39 is 17.2 Å². The highest BCUT2D eigenvalue weighted by Gasteiger charge is 2.19. The predicted octanol–water partition coefficient (Wildman–Crippen LogP) is 2.14. The number of carbonyl (C=O) groups is 1. The van der Waals surface area contributed by atoms with Crippen molar-refractivity contribution in [2.45, 2.75) is 6.54 Å². The summed E-state index contributed by atoms with van der Waals surface area (Å²) < 4.78 is 3.84. The van der Waals surface area contributed by atoms with Crippen LogP contribution in [0.3, 0.4) is 0 Å². The van der Waals surface area contributed by atoms with Crippen molar-refractivity contribution in [2.75, 3.05) is 5.32 Å². The molecule has 3 aromatic rings. The molecule has 0 aliphatic carbocycles. The van der Waals surface area contributed by atoms with Gasteiger partial charge in [-0.3, -0.25) is 18.7 Å². The summed E-state index contributed by atoms with van der Waals surface area (Å²) >= 11 is 15.1. The standard InChI is InChI=1S/C15H12BrCl2N5O3/c1-21-12-11(13(25)22(2)15(21)26)23(14(16)20-12)6-10(24)19-9-4-3-7(17)5-8(9)18/h3-5H,6H2,1-2H3,(H,19,24). The average Bonchev–Trinajstić information content (AvgIpc) is 2.90. The van der Waals surface area contributed by atoms with Gasteiger partial charge in [0.2, 0.25) is 5.91 Å². The number of amides is 1. The van der Waals surface area contributed by atoms with Gasteiger partial charge < -0.3 is 9.88 Å². The maximum Gasteiger partial charge on any atom is 0.332 e. The third-order valence-electron chi connectivity index (χ3n) is 3.81. The van der Waals surface area contributed by atoms with Gasteiger partial charge in [0.05, 0.1) is 10.7 Å². The van der Waals surface area contributed by atoms with Crippen molar-refractivity contribution < 1.29 is 4.79 Å². The largest absolute Gasteiger partial charge is 0.332 e. The Morgan fingerprint density at radius 2 is 1.92 bits per heavy atom. The number of imidazole rings is 1. The third kappa shape index (κ3) is 3.17. The number of fused-ring (bicyclic) bond motifs is 1. The van der Waals surface area contributed by atoms with Crippen molar-refractivity contribution in [1.29, 1.82) is 0 Å². The molecule has 0 radical (unpaired) electrons. The van der Waals surface area contributed by atoms with E-state index in [9.17, 15) is 14.4 Å². The quantitative estimate of drug-likeness (QED) is 0.606. The minimum absolute atomic E-state index is 0.138. The van der Waals surface area contributed by atoms with E-state index in [0.717, 1.165) is 4.57 Å². The van der Waals surface area contributed by atoms with Crippen LogP contribution in [0, 0.1) is 0 Å². The van der Waals surface area contributed by atoms with Crippen LogP contribution in [0.5, 0.6) is 0 Å². The number of nitrogens with zero attached hydrogens (tertiary/aromatic N) is 4. The second-order valence-electron chi connectivity index (χ2n) is 5.52. The van der Waals surface area contributed by atoms with Crippen molar-refractivity contribution in [3.05, 3.63) is 53.8 Å². The number of benzene rings is 1. The zero-order valence-corrected chi connectivity index (χ0v) is 16.7. The molecule has 0 fully saturated rings. The van der Waals surface area contributed by atoms with E-state index in [2.05, 4.69) is 26.2 Å². The maximum atomic E-state index is 12.5. The maximum absolute atomic E-state index is 12.5. The zero-order valence-electron chi connectivity index (χ0n) is 13.6. The van der Waals surface area contributed by atoms with Crippen molar-refractivity contribution in [3.63, 3.8) is 0 Å². The fourth-order valence-electron chi connectivity index (χ4n) is 2.49. The summed E-state index contributed by atoms with van der Waals surface area (Å²) in [4.78, 5) is 41.1. The number of nitrogens with one attached hydrogen (secondary N) is 1. The van der Waals surface area contributed by atoms with E-state index >= 15 is 0 Å². The van der Waals surface area contributed by atoms with Crippen LogP contribution in [-0.2, 0) is 25.4 Å².